The van der Waals surface area contributed by atoms with Gasteiger partial charge < -0.3 is 10.2 Å². The van der Waals surface area contributed by atoms with Gasteiger partial charge in [-0.15, -0.1) is 0 Å². The van der Waals surface area contributed by atoms with Gasteiger partial charge in [-0.2, -0.15) is 0 Å². The van der Waals surface area contributed by atoms with Gasteiger partial charge >= 0.3 is 0 Å². The second kappa shape index (κ2) is 8.60. The van der Waals surface area contributed by atoms with Crippen molar-refractivity contribution >= 4 is 15.9 Å². The normalized spacial score (nSPS) is 16.9. The highest BCUT2D eigenvalue weighted by Gasteiger charge is 2.21. The molecule has 0 bridgehead atoms. The summed E-state index contributed by atoms with van der Waals surface area (Å²) >= 11 is 0. The number of carbonyl (C=O) groups excluding carboxylic acids is 1. The molecular formula is C17H27N3O3S. The molecule has 1 saturated heterocycles. The van der Waals surface area contributed by atoms with Crippen molar-refractivity contribution < 1.29 is 13.2 Å². The number of likely N-dealkylation sites (tertiary alicyclic amines) is 1. The fraction of sp³-hybridized carbons (Fsp3) is 0.588. The Kier molecular flexibility index (Phi) is 6.77. The molecule has 134 valence electrons. The lowest BCUT2D eigenvalue weighted by Gasteiger charge is -2.32. The molecule has 1 aromatic rings. The topological polar surface area (TPSA) is 78.5 Å². The fourth-order valence-electron chi connectivity index (χ4n) is 2.96. The minimum atomic E-state index is -3.55. The first-order valence-electron chi connectivity index (χ1n) is 8.59. The molecule has 1 aliphatic rings. The molecule has 7 heteroatoms. The summed E-state index contributed by atoms with van der Waals surface area (Å²) < 4.78 is 26.5. The minimum Gasteiger partial charge on any atom is -0.349 e. The molecule has 1 aromatic carbocycles. The molecule has 0 aromatic heterocycles. The van der Waals surface area contributed by atoms with E-state index in [-0.39, 0.29) is 16.8 Å². The number of hydrogen-bond donors (Lipinski definition) is 2. The highest BCUT2D eigenvalue weighted by Crippen LogP contribution is 2.14. The third-order valence-electron chi connectivity index (χ3n) is 4.20. The molecule has 1 fully saturated rings. The lowest BCUT2D eigenvalue weighted by atomic mass is 10.0. The average molecular weight is 353 g/mol. The van der Waals surface area contributed by atoms with E-state index in [0.717, 1.165) is 38.9 Å². The van der Waals surface area contributed by atoms with Crippen molar-refractivity contribution in [3.8, 4) is 0 Å². The monoisotopic (exact) mass is 353 g/mol. The molecule has 0 radical (unpaired) electrons. The zero-order valence-corrected chi connectivity index (χ0v) is 15.2. The number of sulfonamides is 1. The smallest absolute Gasteiger partial charge is 0.251 e. The average Bonchev–Trinajstić information content (AvgIpc) is 2.57. The Labute approximate surface area is 144 Å². The molecule has 0 saturated carbocycles. The zero-order chi connectivity index (χ0) is 17.6. The van der Waals surface area contributed by atoms with Crippen molar-refractivity contribution in [3.05, 3.63) is 29.8 Å². The third kappa shape index (κ3) is 5.03. The van der Waals surface area contributed by atoms with E-state index < -0.39 is 10.0 Å². The molecule has 6 nitrogen and oxygen atoms in total. The summed E-state index contributed by atoms with van der Waals surface area (Å²) in [6, 6.07) is 6.33. The second-order valence-corrected chi connectivity index (χ2v) is 7.89. The first-order valence-corrected chi connectivity index (χ1v) is 10.1. The number of rotatable bonds is 7. The standard InChI is InChI=1S/C17H27N3O3S/c1-3-10-20-11-8-15(9-12-20)19-17(21)14-6-5-7-16(13-14)24(22,23)18-4-2/h5-7,13,15,18H,3-4,8-12H2,1-2H3,(H,19,21). The molecule has 2 N–H and O–H groups in total. The quantitative estimate of drug-likeness (QED) is 0.780. The Morgan fingerprint density at radius 3 is 2.58 bits per heavy atom. The van der Waals surface area contributed by atoms with E-state index in [2.05, 4.69) is 21.9 Å². The minimum absolute atomic E-state index is 0.120. The summed E-state index contributed by atoms with van der Waals surface area (Å²) in [6.07, 6.45) is 3.01. The molecule has 0 aliphatic carbocycles. The Balaban J connectivity index is 1.98. The van der Waals surface area contributed by atoms with E-state index in [1.54, 1.807) is 19.1 Å². The van der Waals surface area contributed by atoms with Gasteiger partial charge in [-0.05, 0) is 44.0 Å². The summed E-state index contributed by atoms with van der Waals surface area (Å²) in [7, 11) is -3.55. The Hall–Kier alpha value is -1.44. The van der Waals surface area contributed by atoms with Crippen LogP contribution >= 0.6 is 0 Å². The number of nitrogens with zero attached hydrogens (tertiary/aromatic N) is 1. The maximum atomic E-state index is 12.4. The summed E-state index contributed by atoms with van der Waals surface area (Å²) in [6.45, 7) is 7.29. The fourth-order valence-corrected chi connectivity index (χ4v) is 4.05. The predicted molar refractivity (Wildman–Crippen MR) is 94.5 cm³/mol. The summed E-state index contributed by atoms with van der Waals surface area (Å²) in [4.78, 5) is 14.9. The maximum absolute atomic E-state index is 12.4. The first kappa shape index (κ1) is 18.9. The van der Waals surface area contributed by atoms with Gasteiger partial charge in [0.25, 0.3) is 5.91 Å². The highest BCUT2D eigenvalue weighted by atomic mass is 32.2. The van der Waals surface area contributed by atoms with Gasteiger partial charge in [0, 0.05) is 31.2 Å². The van der Waals surface area contributed by atoms with Crippen LogP contribution in [0.25, 0.3) is 0 Å². The molecule has 2 rings (SSSR count). The summed E-state index contributed by atoms with van der Waals surface area (Å²) in [5, 5.41) is 3.03. The second-order valence-electron chi connectivity index (χ2n) is 6.12. The van der Waals surface area contributed by atoms with Gasteiger partial charge in [0.2, 0.25) is 10.0 Å². The van der Waals surface area contributed by atoms with Crippen LogP contribution in [0, 0.1) is 0 Å². The van der Waals surface area contributed by atoms with Crippen LogP contribution in [-0.2, 0) is 10.0 Å². The van der Waals surface area contributed by atoms with E-state index in [4.69, 9.17) is 0 Å². The highest BCUT2D eigenvalue weighted by molar-refractivity contribution is 7.89. The van der Waals surface area contributed by atoms with E-state index in [0.29, 0.717) is 12.1 Å². The largest absolute Gasteiger partial charge is 0.349 e. The van der Waals surface area contributed by atoms with Crippen LogP contribution in [-0.4, -0.2) is 51.4 Å². The van der Waals surface area contributed by atoms with Gasteiger partial charge in [-0.25, -0.2) is 13.1 Å². The predicted octanol–water partition coefficient (Wildman–Crippen LogP) is 1.59. The lowest BCUT2D eigenvalue weighted by molar-refractivity contribution is 0.0911. The molecule has 1 amide bonds. The van der Waals surface area contributed by atoms with Gasteiger partial charge in [0.15, 0.2) is 0 Å². The molecule has 0 atom stereocenters. The van der Waals surface area contributed by atoms with E-state index in [1.165, 1.54) is 12.1 Å². The van der Waals surface area contributed by atoms with Crippen LogP contribution in [0.2, 0.25) is 0 Å². The number of hydrogen-bond acceptors (Lipinski definition) is 4. The molecule has 0 unspecified atom stereocenters. The molecule has 0 spiro atoms. The molecular weight excluding hydrogens is 326 g/mol. The van der Waals surface area contributed by atoms with Crippen LogP contribution < -0.4 is 10.0 Å². The van der Waals surface area contributed by atoms with Crippen LogP contribution in [0.15, 0.2) is 29.2 Å². The van der Waals surface area contributed by atoms with Crippen LogP contribution in [0.5, 0.6) is 0 Å². The number of piperidine rings is 1. The van der Waals surface area contributed by atoms with E-state index in [9.17, 15) is 13.2 Å². The number of amides is 1. The van der Waals surface area contributed by atoms with Crippen molar-refractivity contribution in [1.82, 2.24) is 14.9 Å². The number of nitrogens with one attached hydrogen (secondary N) is 2. The van der Waals surface area contributed by atoms with Crippen molar-refractivity contribution in [3.63, 3.8) is 0 Å². The van der Waals surface area contributed by atoms with Gasteiger partial charge in [0.1, 0.15) is 0 Å². The van der Waals surface area contributed by atoms with Gasteiger partial charge in [-0.3, -0.25) is 4.79 Å². The maximum Gasteiger partial charge on any atom is 0.251 e. The number of carbonyl (C=O) groups is 1. The van der Waals surface area contributed by atoms with Crippen molar-refractivity contribution in [1.29, 1.82) is 0 Å². The number of benzene rings is 1. The van der Waals surface area contributed by atoms with Gasteiger partial charge in [0.05, 0.1) is 4.90 Å². The van der Waals surface area contributed by atoms with Crippen molar-refractivity contribution in [2.75, 3.05) is 26.2 Å². The molecule has 1 heterocycles. The zero-order valence-electron chi connectivity index (χ0n) is 14.4. The van der Waals surface area contributed by atoms with Crippen molar-refractivity contribution in [2.24, 2.45) is 0 Å². The van der Waals surface area contributed by atoms with Gasteiger partial charge in [-0.1, -0.05) is 19.9 Å². The van der Waals surface area contributed by atoms with Crippen LogP contribution in [0.1, 0.15) is 43.5 Å². The molecule has 1 aliphatic heterocycles. The Morgan fingerprint density at radius 1 is 1.25 bits per heavy atom. The van der Waals surface area contributed by atoms with Crippen molar-refractivity contribution in [2.45, 2.75) is 44.0 Å². The van der Waals surface area contributed by atoms with Crippen LogP contribution in [0.3, 0.4) is 0 Å². The van der Waals surface area contributed by atoms with E-state index in [1.807, 2.05) is 0 Å². The SMILES string of the molecule is CCCN1CCC(NC(=O)c2cccc(S(=O)(=O)NCC)c2)CC1. The lowest BCUT2D eigenvalue weighted by Crippen LogP contribution is -2.44. The van der Waals surface area contributed by atoms with Crippen LogP contribution in [0.4, 0.5) is 0 Å². The summed E-state index contributed by atoms with van der Waals surface area (Å²) in [5.41, 5.74) is 0.380. The molecule has 24 heavy (non-hydrogen) atoms. The summed E-state index contributed by atoms with van der Waals surface area (Å²) in [5.74, 6) is -0.211. The Bertz CT molecular complexity index is 653. The first-order chi connectivity index (χ1) is 11.5. The third-order valence-corrected chi connectivity index (χ3v) is 5.75. The Morgan fingerprint density at radius 2 is 1.96 bits per heavy atom. The van der Waals surface area contributed by atoms with E-state index >= 15 is 0 Å².